The molecule has 1 N–H and O–H groups in total. The fraction of sp³-hybridized carbons (Fsp3) is 0.273. The number of carbonyl (C=O) groups excluding carboxylic acids is 2. The van der Waals surface area contributed by atoms with Crippen molar-refractivity contribution >= 4 is 17.4 Å². The number of Topliss-reactive ketones (excluding diaryl/α,β-unsaturated/α-hetero) is 1. The SMILES string of the molecule is COCCN1C(=O)C(=O)C(=C(O)c2ccc(OC)cc2)[C@@H]1c1ccc(OC)cc1. The van der Waals surface area contributed by atoms with Crippen LogP contribution in [0.5, 0.6) is 11.5 Å². The van der Waals surface area contributed by atoms with Crippen LogP contribution in [0, 0.1) is 0 Å². The van der Waals surface area contributed by atoms with Gasteiger partial charge in [0.1, 0.15) is 17.3 Å². The third kappa shape index (κ3) is 3.95. The lowest BCUT2D eigenvalue weighted by molar-refractivity contribution is -0.140. The van der Waals surface area contributed by atoms with Gasteiger partial charge in [0.2, 0.25) is 0 Å². The molecule has 7 nitrogen and oxygen atoms in total. The Morgan fingerprint density at radius 3 is 2.00 bits per heavy atom. The minimum absolute atomic E-state index is 0.0430. The van der Waals surface area contributed by atoms with Crippen molar-refractivity contribution in [3.05, 3.63) is 65.2 Å². The van der Waals surface area contributed by atoms with Crippen molar-refractivity contribution in [3.63, 3.8) is 0 Å². The number of carbonyl (C=O) groups is 2. The molecular weight excluding hydrogens is 374 g/mol. The van der Waals surface area contributed by atoms with Crippen LogP contribution in [0.2, 0.25) is 0 Å². The third-order valence-electron chi connectivity index (χ3n) is 4.87. The summed E-state index contributed by atoms with van der Waals surface area (Å²) in [6.07, 6.45) is 0. The molecule has 1 saturated heterocycles. The van der Waals surface area contributed by atoms with Gasteiger partial charge in [-0.05, 0) is 42.0 Å². The van der Waals surface area contributed by atoms with Crippen molar-refractivity contribution in [2.24, 2.45) is 0 Å². The Labute approximate surface area is 169 Å². The van der Waals surface area contributed by atoms with Crippen LogP contribution in [-0.2, 0) is 14.3 Å². The molecule has 0 bridgehead atoms. The molecule has 0 saturated carbocycles. The molecule has 1 fully saturated rings. The molecule has 152 valence electrons. The quantitative estimate of drug-likeness (QED) is 0.439. The molecule has 2 aromatic carbocycles. The van der Waals surface area contributed by atoms with Crippen LogP contribution in [0.15, 0.2) is 54.1 Å². The molecule has 7 heteroatoms. The summed E-state index contributed by atoms with van der Waals surface area (Å²) in [5.41, 5.74) is 1.16. The van der Waals surface area contributed by atoms with Crippen molar-refractivity contribution in [1.82, 2.24) is 4.90 Å². The first-order valence-electron chi connectivity index (χ1n) is 9.07. The second-order valence-electron chi connectivity index (χ2n) is 6.49. The number of methoxy groups -OCH3 is 3. The summed E-state index contributed by atoms with van der Waals surface area (Å²) < 4.78 is 15.4. The van der Waals surface area contributed by atoms with Crippen LogP contribution < -0.4 is 9.47 Å². The van der Waals surface area contributed by atoms with Gasteiger partial charge in [-0.2, -0.15) is 0 Å². The lowest BCUT2D eigenvalue weighted by Gasteiger charge is -2.25. The third-order valence-corrected chi connectivity index (χ3v) is 4.87. The van der Waals surface area contributed by atoms with Gasteiger partial charge in [-0.25, -0.2) is 0 Å². The maximum Gasteiger partial charge on any atom is 0.295 e. The van der Waals surface area contributed by atoms with E-state index in [4.69, 9.17) is 14.2 Å². The summed E-state index contributed by atoms with van der Waals surface area (Å²) in [5.74, 6) is -0.355. The van der Waals surface area contributed by atoms with Crippen LogP contribution in [0.3, 0.4) is 0 Å². The van der Waals surface area contributed by atoms with Crippen molar-refractivity contribution in [2.45, 2.75) is 6.04 Å². The number of hydrogen-bond donors (Lipinski definition) is 1. The number of ether oxygens (including phenoxy) is 3. The largest absolute Gasteiger partial charge is 0.507 e. The number of nitrogens with zero attached hydrogens (tertiary/aromatic N) is 1. The van der Waals surface area contributed by atoms with Gasteiger partial charge in [0.05, 0.1) is 32.4 Å². The zero-order valence-corrected chi connectivity index (χ0v) is 16.5. The highest BCUT2D eigenvalue weighted by atomic mass is 16.5. The average molecular weight is 397 g/mol. The predicted molar refractivity (Wildman–Crippen MR) is 107 cm³/mol. The van der Waals surface area contributed by atoms with Gasteiger partial charge in [-0.15, -0.1) is 0 Å². The molecule has 0 unspecified atom stereocenters. The predicted octanol–water partition coefficient (Wildman–Crippen LogP) is 2.77. The Morgan fingerprint density at radius 1 is 0.931 bits per heavy atom. The van der Waals surface area contributed by atoms with Gasteiger partial charge >= 0.3 is 0 Å². The number of benzene rings is 2. The molecule has 2 aromatic rings. The van der Waals surface area contributed by atoms with Crippen LogP contribution >= 0.6 is 0 Å². The standard InChI is InChI=1S/C22H23NO6/c1-27-13-12-23-19(14-4-8-16(28-2)9-5-14)18(21(25)22(23)26)20(24)15-6-10-17(29-3)11-7-15/h4-11,19,24H,12-13H2,1-3H3/t19-/m0/s1. The highest BCUT2D eigenvalue weighted by Crippen LogP contribution is 2.39. The fourth-order valence-corrected chi connectivity index (χ4v) is 3.34. The summed E-state index contributed by atoms with van der Waals surface area (Å²) >= 11 is 0. The number of ketones is 1. The Morgan fingerprint density at radius 2 is 1.48 bits per heavy atom. The first-order chi connectivity index (χ1) is 14.0. The van der Waals surface area contributed by atoms with Crippen molar-refractivity contribution in [1.29, 1.82) is 0 Å². The minimum Gasteiger partial charge on any atom is -0.507 e. The summed E-state index contributed by atoms with van der Waals surface area (Å²) in [6, 6.07) is 13.0. The molecule has 3 rings (SSSR count). The van der Waals surface area contributed by atoms with Gasteiger partial charge in [0.15, 0.2) is 0 Å². The first kappa shape index (κ1) is 20.4. The molecular formula is C22H23NO6. The lowest BCUT2D eigenvalue weighted by atomic mass is 9.95. The van der Waals surface area contributed by atoms with Crippen LogP contribution in [0.25, 0.3) is 5.76 Å². The van der Waals surface area contributed by atoms with E-state index in [1.54, 1.807) is 62.8 Å². The van der Waals surface area contributed by atoms with Crippen LogP contribution in [0.1, 0.15) is 17.2 Å². The molecule has 1 heterocycles. The van der Waals surface area contributed by atoms with E-state index in [1.807, 2.05) is 0 Å². The summed E-state index contributed by atoms with van der Waals surface area (Å²) in [7, 11) is 4.62. The normalized spacial score (nSPS) is 18.2. The van der Waals surface area contributed by atoms with Crippen LogP contribution in [0.4, 0.5) is 0 Å². The zero-order chi connectivity index (χ0) is 21.0. The minimum atomic E-state index is -0.727. The van der Waals surface area contributed by atoms with Gasteiger partial charge in [-0.3, -0.25) is 9.59 Å². The summed E-state index contributed by atoms with van der Waals surface area (Å²) in [6.45, 7) is 0.486. The van der Waals surface area contributed by atoms with E-state index in [0.29, 0.717) is 22.6 Å². The van der Waals surface area contributed by atoms with Gasteiger partial charge in [-0.1, -0.05) is 12.1 Å². The second kappa shape index (κ2) is 8.79. The molecule has 0 aromatic heterocycles. The highest BCUT2D eigenvalue weighted by molar-refractivity contribution is 6.46. The molecule has 1 aliphatic heterocycles. The number of rotatable bonds is 7. The van der Waals surface area contributed by atoms with Gasteiger partial charge in [0, 0.05) is 19.2 Å². The van der Waals surface area contributed by atoms with E-state index >= 15 is 0 Å². The average Bonchev–Trinajstić information content (AvgIpc) is 3.02. The molecule has 0 spiro atoms. The Balaban J connectivity index is 2.11. The number of likely N-dealkylation sites (tertiary alicyclic amines) is 1. The van der Waals surface area contributed by atoms with E-state index in [1.165, 1.54) is 12.0 Å². The molecule has 1 atom stereocenters. The van der Waals surface area contributed by atoms with E-state index in [9.17, 15) is 14.7 Å². The van der Waals surface area contributed by atoms with Gasteiger partial charge < -0.3 is 24.2 Å². The highest BCUT2D eigenvalue weighted by Gasteiger charge is 2.45. The summed E-state index contributed by atoms with van der Waals surface area (Å²) in [5, 5.41) is 10.9. The molecule has 0 radical (unpaired) electrons. The summed E-state index contributed by atoms with van der Waals surface area (Å²) in [4.78, 5) is 26.9. The van der Waals surface area contributed by atoms with E-state index < -0.39 is 17.7 Å². The number of aliphatic hydroxyl groups excluding tert-OH is 1. The number of aliphatic hydroxyl groups is 1. The van der Waals surface area contributed by atoms with E-state index in [0.717, 1.165) is 0 Å². The van der Waals surface area contributed by atoms with Crippen molar-refractivity contribution in [3.8, 4) is 11.5 Å². The number of hydrogen-bond acceptors (Lipinski definition) is 6. The van der Waals surface area contributed by atoms with Crippen LogP contribution in [-0.4, -0.2) is 56.2 Å². The monoisotopic (exact) mass is 397 g/mol. The topological polar surface area (TPSA) is 85.3 Å². The first-order valence-corrected chi connectivity index (χ1v) is 9.07. The molecule has 1 aliphatic rings. The van der Waals surface area contributed by atoms with Gasteiger partial charge in [0.25, 0.3) is 11.7 Å². The smallest absolute Gasteiger partial charge is 0.295 e. The number of amides is 1. The maximum atomic E-state index is 12.8. The van der Waals surface area contributed by atoms with E-state index in [2.05, 4.69) is 0 Å². The van der Waals surface area contributed by atoms with E-state index in [-0.39, 0.29) is 24.5 Å². The lowest BCUT2D eigenvalue weighted by Crippen LogP contribution is -2.32. The Kier molecular flexibility index (Phi) is 6.19. The van der Waals surface area contributed by atoms with Crippen molar-refractivity contribution in [2.75, 3.05) is 34.5 Å². The zero-order valence-electron chi connectivity index (χ0n) is 16.5. The maximum absolute atomic E-state index is 12.8. The second-order valence-corrected chi connectivity index (χ2v) is 6.49. The fourth-order valence-electron chi connectivity index (χ4n) is 3.34. The molecule has 1 amide bonds. The molecule has 0 aliphatic carbocycles. The van der Waals surface area contributed by atoms with Crippen molar-refractivity contribution < 1.29 is 28.9 Å². The molecule has 29 heavy (non-hydrogen) atoms. The Hall–Kier alpha value is -3.32. The Bertz CT molecular complexity index is 917.